The first kappa shape index (κ1) is 14.6. The molecule has 0 fully saturated rings. The van der Waals surface area contributed by atoms with Gasteiger partial charge in [0.2, 0.25) is 0 Å². The molecule has 0 bridgehead atoms. The molecule has 0 spiro atoms. The Bertz CT molecular complexity index is 600. The minimum Gasteiger partial charge on any atom is -0.298 e. The number of carbonyl (C=O) groups excluding carboxylic acids is 1. The third kappa shape index (κ3) is 3.63. The molecule has 6 heteroatoms. The summed E-state index contributed by atoms with van der Waals surface area (Å²) in [5.41, 5.74) is 3.95. The fraction of sp³-hybridized carbons (Fsp3) is 0.214. The number of rotatable bonds is 5. The van der Waals surface area contributed by atoms with E-state index in [9.17, 15) is 9.18 Å². The van der Waals surface area contributed by atoms with Gasteiger partial charge in [-0.1, -0.05) is 12.1 Å². The molecule has 106 valence electrons. The van der Waals surface area contributed by atoms with E-state index in [0.717, 1.165) is 11.1 Å². The van der Waals surface area contributed by atoms with Gasteiger partial charge in [0.15, 0.2) is 0 Å². The van der Waals surface area contributed by atoms with Crippen molar-refractivity contribution in [2.75, 3.05) is 7.05 Å². The minimum atomic E-state index is -0.283. The average Bonchev–Trinajstić information content (AvgIpc) is 2.85. The fourth-order valence-electron chi connectivity index (χ4n) is 2.02. The van der Waals surface area contributed by atoms with Crippen LogP contribution in [0.25, 0.3) is 0 Å². The zero-order chi connectivity index (χ0) is 14.5. The number of carbonyl (C=O) groups is 1. The van der Waals surface area contributed by atoms with Crippen LogP contribution in [-0.2, 0) is 13.1 Å². The van der Waals surface area contributed by atoms with Crippen molar-refractivity contribution in [3.8, 4) is 0 Å². The van der Waals surface area contributed by atoms with Crippen LogP contribution in [0.5, 0.6) is 0 Å². The van der Waals surface area contributed by atoms with Crippen molar-refractivity contribution in [3.05, 3.63) is 57.5 Å². The zero-order valence-corrected chi connectivity index (χ0v) is 11.9. The van der Waals surface area contributed by atoms with Crippen LogP contribution in [-0.4, -0.2) is 17.9 Å². The molecule has 0 unspecified atom stereocenters. The Labute approximate surface area is 121 Å². The summed E-state index contributed by atoms with van der Waals surface area (Å²) >= 11 is 1.35. The second kappa shape index (κ2) is 6.60. The lowest BCUT2D eigenvalue weighted by Crippen LogP contribution is -2.30. The van der Waals surface area contributed by atoms with Gasteiger partial charge in [-0.2, -0.15) is 0 Å². The molecule has 0 saturated heterocycles. The standard InChI is InChI=1S/C14H16FN3OS/c1-18(8-10-3-2-4-12(15)7-10)9-11-5-6-20-13(11)14(19)17-16/h2-7H,8-9,16H2,1H3,(H,17,19). The van der Waals surface area contributed by atoms with Crippen LogP contribution in [0.2, 0.25) is 0 Å². The molecule has 3 N–H and O–H groups in total. The number of nitrogens with one attached hydrogen (secondary N) is 1. The number of thiophene rings is 1. The molecule has 0 aliphatic rings. The van der Waals surface area contributed by atoms with Crippen molar-refractivity contribution < 1.29 is 9.18 Å². The van der Waals surface area contributed by atoms with Crippen molar-refractivity contribution in [1.82, 2.24) is 10.3 Å². The van der Waals surface area contributed by atoms with E-state index in [1.807, 2.05) is 29.5 Å². The molecule has 4 nitrogen and oxygen atoms in total. The van der Waals surface area contributed by atoms with Crippen molar-refractivity contribution in [2.24, 2.45) is 5.84 Å². The normalized spacial score (nSPS) is 10.8. The third-order valence-electron chi connectivity index (χ3n) is 2.87. The van der Waals surface area contributed by atoms with Crippen molar-refractivity contribution in [1.29, 1.82) is 0 Å². The number of amides is 1. The van der Waals surface area contributed by atoms with E-state index >= 15 is 0 Å². The van der Waals surface area contributed by atoms with Crippen LogP contribution >= 0.6 is 11.3 Å². The van der Waals surface area contributed by atoms with E-state index in [2.05, 4.69) is 5.43 Å². The summed E-state index contributed by atoms with van der Waals surface area (Å²) in [6.45, 7) is 1.21. The molecule has 2 aromatic rings. The second-order valence-corrected chi connectivity index (χ2v) is 5.47. The highest BCUT2D eigenvalue weighted by atomic mass is 32.1. The van der Waals surface area contributed by atoms with Gasteiger partial charge < -0.3 is 0 Å². The lowest BCUT2D eigenvalue weighted by atomic mass is 10.2. The monoisotopic (exact) mass is 293 g/mol. The molecule has 1 amide bonds. The maximum atomic E-state index is 13.1. The first-order valence-electron chi connectivity index (χ1n) is 6.10. The quantitative estimate of drug-likeness (QED) is 0.504. The molecule has 0 saturated carbocycles. The lowest BCUT2D eigenvalue weighted by molar-refractivity contribution is 0.0956. The number of halogens is 1. The van der Waals surface area contributed by atoms with Crippen LogP contribution in [0, 0.1) is 5.82 Å². The average molecular weight is 293 g/mol. The van der Waals surface area contributed by atoms with Crippen molar-refractivity contribution in [2.45, 2.75) is 13.1 Å². The summed E-state index contributed by atoms with van der Waals surface area (Å²) in [6.07, 6.45) is 0. The topological polar surface area (TPSA) is 58.4 Å². The molecular weight excluding hydrogens is 277 g/mol. The van der Waals surface area contributed by atoms with Gasteiger partial charge in [-0.05, 0) is 41.8 Å². The highest BCUT2D eigenvalue weighted by Gasteiger charge is 2.13. The van der Waals surface area contributed by atoms with Gasteiger partial charge in [0, 0.05) is 13.1 Å². The number of nitrogens with zero attached hydrogens (tertiary/aromatic N) is 1. The van der Waals surface area contributed by atoms with Crippen LogP contribution in [0.4, 0.5) is 4.39 Å². The Hall–Kier alpha value is -1.76. The predicted molar refractivity (Wildman–Crippen MR) is 77.5 cm³/mol. The van der Waals surface area contributed by atoms with Crippen molar-refractivity contribution in [3.63, 3.8) is 0 Å². The van der Waals surface area contributed by atoms with Crippen molar-refractivity contribution >= 4 is 17.2 Å². The number of benzene rings is 1. The van der Waals surface area contributed by atoms with E-state index in [-0.39, 0.29) is 11.7 Å². The van der Waals surface area contributed by atoms with Crippen LogP contribution in [0.3, 0.4) is 0 Å². The Morgan fingerprint density at radius 1 is 1.40 bits per heavy atom. The summed E-state index contributed by atoms with van der Waals surface area (Å²) < 4.78 is 13.1. The highest BCUT2D eigenvalue weighted by molar-refractivity contribution is 7.12. The van der Waals surface area contributed by atoms with Crippen LogP contribution < -0.4 is 11.3 Å². The number of hydrogen-bond donors (Lipinski definition) is 2. The van der Waals surface area contributed by atoms with Crippen LogP contribution in [0.1, 0.15) is 20.8 Å². The van der Waals surface area contributed by atoms with Gasteiger partial charge in [0.25, 0.3) is 5.91 Å². The molecular formula is C14H16FN3OS. The van der Waals surface area contributed by atoms with E-state index in [4.69, 9.17) is 5.84 Å². The molecule has 2 rings (SSSR count). The molecule has 0 aliphatic heterocycles. The highest BCUT2D eigenvalue weighted by Crippen LogP contribution is 2.19. The molecule has 0 aliphatic carbocycles. The molecule has 1 aromatic carbocycles. The van der Waals surface area contributed by atoms with Gasteiger partial charge in [-0.15, -0.1) is 11.3 Å². The number of hydrogen-bond acceptors (Lipinski definition) is 4. The van der Waals surface area contributed by atoms with Gasteiger partial charge in [0.05, 0.1) is 4.88 Å². The minimum absolute atomic E-state index is 0.241. The summed E-state index contributed by atoms with van der Waals surface area (Å²) in [5, 5.41) is 1.86. The van der Waals surface area contributed by atoms with E-state index in [1.54, 1.807) is 6.07 Å². The first-order chi connectivity index (χ1) is 9.60. The van der Waals surface area contributed by atoms with E-state index < -0.39 is 0 Å². The van der Waals surface area contributed by atoms with Gasteiger partial charge in [0.1, 0.15) is 5.82 Å². The SMILES string of the molecule is CN(Cc1cccc(F)c1)Cc1ccsc1C(=O)NN. The molecule has 0 atom stereocenters. The number of hydrazine groups is 1. The maximum Gasteiger partial charge on any atom is 0.275 e. The summed E-state index contributed by atoms with van der Waals surface area (Å²) in [7, 11) is 1.92. The number of nitrogen functional groups attached to an aromatic ring is 1. The summed E-state index contributed by atoms with van der Waals surface area (Å²) in [6, 6.07) is 8.40. The molecule has 1 heterocycles. The van der Waals surface area contributed by atoms with Gasteiger partial charge >= 0.3 is 0 Å². The Morgan fingerprint density at radius 3 is 2.90 bits per heavy atom. The van der Waals surface area contributed by atoms with Crippen LogP contribution in [0.15, 0.2) is 35.7 Å². The smallest absolute Gasteiger partial charge is 0.275 e. The largest absolute Gasteiger partial charge is 0.298 e. The molecule has 20 heavy (non-hydrogen) atoms. The zero-order valence-electron chi connectivity index (χ0n) is 11.1. The summed E-state index contributed by atoms with van der Waals surface area (Å²) in [5.74, 6) is 4.63. The van der Waals surface area contributed by atoms with E-state index in [0.29, 0.717) is 18.0 Å². The Kier molecular flexibility index (Phi) is 4.84. The molecule has 1 aromatic heterocycles. The summed E-state index contributed by atoms with van der Waals surface area (Å²) in [4.78, 5) is 14.2. The maximum absolute atomic E-state index is 13.1. The fourth-order valence-corrected chi connectivity index (χ4v) is 2.84. The Morgan fingerprint density at radius 2 is 2.20 bits per heavy atom. The molecule has 0 radical (unpaired) electrons. The van der Waals surface area contributed by atoms with Gasteiger partial charge in [-0.25, -0.2) is 10.2 Å². The lowest BCUT2D eigenvalue weighted by Gasteiger charge is -2.17. The predicted octanol–water partition coefficient (Wildman–Crippen LogP) is 2.12. The Balaban J connectivity index is 2.03. The second-order valence-electron chi connectivity index (χ2n) is 4.55. The van der Waals surface area contributed by atoms with E-state index in [1.165, 1.54) is 23.5 Å². The third-order valence-corrected chi connectivity index (χ3v) is 3.82. The number of nitrogens with two attached hydrogens (primary N) is 1. The van der Waals surface area contributed by atoms with Gasteiger partial charge in [-0.3, -0.25) is 15.1 Å². The first-order valence-corrected chi connectivity index (χ1v) is 6.98.